The minimum Gasteiger partial charge on any atom is -0.507 e. The third-order valence-electron chi connectivity index (χ3n) is 7.40. The number of carbonyl (C=O) groups is 2. The monoisotopic (exact) mass is 652 g/mol. The fourth-order valence-electron chi connectivity index (χ4n) is 5.20. The third kappa shape index (κ3) is 5.76. The molecule has 0 bridgehead atoms. The Morgan fingerprint density at radius 2 is 2.11 bits per heavy atom. The first-order valence-electron chi connectivity index (χ1n) is 13.7. The zero-order valence-electron chi connectivity index (χ0n) is 24.1. The number of nitrogen functional groups attached to an aromatic ring is 1. The second-order valence-corrected chi connectivity index (χ2v) is 10.8. The molecular formula is C29H26ClFN8O7. The first kappa shape index (κ1) is 30.7. The van der Waals surface area contributed by atoms with Crippen LogP contribution in [0.15, 0.2) is 59.4 Å². The van der Waals surface area contributed by atoms with Crippen molar-refractivity contribution in [1.82, 2.24) is 30.5 Å². The number of morpholine rings is 1. The van der Waals surface area contributed by atoms with Crippen LogP contribution >= 0.6 is 11.6 Å². The highest BCUT2D eigenvalue weighted by Gasteiger charge is 2.48. The summed E-state index contributed by atoms with van der Waals surface area (Å²) >= 11 is 6.44. The number of fused-ring (bicyclic) bond motifs is 1. The van der Waals surface area contributed by atoms with E-state index in [0.29, 0.717) is 16.6 Å². The van der Waals surface area contributed by atoms with Gasteiger partial charge in [0.2, 0.25) is 5.88 Å². The van der Waals surface area contributed by atoms with E-state index >= 15 is 4.39 Å². The maximum atomic E-state index is 15.3. The summed E-state index contributed by atoms with van der Waals surface area (Å²) in [6.45, 7) is -0.726. The molecular weight excluding hydrogens is 627 g/mol. The predicted molar refractivity (Wildman–Crippen MR) is 160 cm³/mol. The smallest absolute Gasteiger partial charge is 0.260 e. The highest BCUT2D eigenvalue weighted by molar-refractivity contribution is 6.36. The van der Waals surface area contributed by atoms with Gasteiger partial charge in [-0.3, -0.25) is 14.5 Å². The van der Waals surface area contributed by atoms with Crippen LogP contribution in [0.2, 0.25) is 5.02 Å². The molecule has 1 saturated heterocycles. The lowest BCUT2D eigenvalue weighted by Crippen LogP contribution is -2.63. The van der Waals surface area contributed by atoms with Crippen molar-refractivity contribution in [3.63, 3.8) is 0 Å². The Morgan fingerprint density at radius 3 is 2.89 bits per heavy atom. The van der Waals surface area contributed by atoms with Gasteiger partial charge in [-0.2, -0.15) is 5.10 Å². The van der Waals surface area contributed by atoms with Crippen molar-refractivity contribution in [2.24, 2.45) is 0 Å². The number of phenols is 1. The first-order chi connectivity index (χ1) is 22.1. The van der Waals surface area contributed by atoms with Crippen LogP contribution in [0.4, 0.5) is 16.0 Å². The van der Waals surface area contributed by atoms with Gasteiger partial charge in [-0.25, -0.2) is 9.07 Å². The zero-order chi connectivity index (χ0) is 32.6. The molecule has 6 rings (SSSR count). The summed E-state index contributed by atoms with van der Waals surface area (Å²) in [4.78, 5) is 28.0. The van der Waals surface area contributed by atoms with E-state index in [1.54, 1.807) is 12.1 Å². The molecule has 1 fully saturated rings. The van der Waals surface area contributed by atoms with E-state index < -0.39 is 35.9 Å². The van der Waals surface area contributed by atoms with Gasteiger partial charge in [-0.1, -0.05) is 28.9 Å². The van der Waals surface area contributed by atoms with E-state index in [2.05, 4.69) is 25.8 Å². The van der Waals surface area contributed by atoms with Crippen LogP contribution in [-0.4, -0.2) is 85.7 Å². The van der Waals surface area contributed by atoms with Gasteiger partial charge in [0, 0.05) is 12.5 Å². The van der Waals surface area contributed by atoms with Gasteiger partial charge in [-0.15, -0.1) is 10.2 Å². The number of rotatable bonds is 9. The molecule has 2 amide bonds. The molecule has 0 saturated carbocycles. The molecule has 0 spiro atoms. The lowest BCUT2D eigenvalue weighted by molar-refractivity contribution is -0.157. The molecule has 17 heteroatoms. The lowest BCUT2D eigenvalue weighted by atomic mass is 9.86. The number of amides is 2. The van der Waals surface area contributed by atoms with E-state index in [9.17, 15) is 19.8 Å². The number of methoxy groups -OCH3 is 1. The van der Waals surface area contributed by atoms with Crippen molar-refractivity contribution in [3.05, 3.63) is 76.8 Å². The van der Waals surface area contributed by atoms with Crippen molar-refractivity contribution in [2.75, 3.05) is 37.4 Å². The number of aliphatic hydroxyl groups is 1. The molecule has 4 heterocycles. The number of nitrogens with zero attached hydrogens (tertiary/aromatic N) is 6. The Balaban J connectivity index is 1.33. The summed E-state index contributed by atoms with van der Waals surface area (Å²) in [5.74, 6) is -2.75. The Morgan fingerprint density at radius 1 is 1.30 bits per heavy atom. The molecule has 5 N–H and O–H groups in total. The largest absolute Gasteiger partial charge is 0.507 e. The molecule has 2 aromatic carbocycles. The Bertz CT molecular complexity index is 1950. The average molecular weight is 653 g/mol. The molecule has 1 aliphatic heterocycles. The van der Waals surface area contributed by atoms with Gasteiger partial charge in [0.05, 0.1) is 60.9 Å². The Hall–Kier alpha value is -5.32. The Labute approximate surface area is 264 Å². The number of aromatic nitrogens is 5. The molecule has 1 unspecified atom stereocenters. The number of nitrogens with two attached hydrogens (primary N) is 1. The number of nitrogens with one attached hydrogen (secondary N) is 1. The van der Waals surface area contributed by atoms with Crippen LogP contribution in [0.5, 0.6) is 11.6 Å². The van der Waals surface area contributed by atoms with Crippen LogP contribution in [0.1, 0.15) is 15.9 Å². The van der Waals surface area contributed by atoms with Crippen molar-refractivity contribution >= 4 is 46.0 Å². The maximum absolute atomic E-state index is 15.3. The number of halogens is 2. The van der Waals surface area contributed by atoms with Crippen LogP contribution in [-0.2, 0) is 16.0 Å². The van der Waals surface area contributed by atoms with Gasteiger partial charge in [0.1, 0.15) is 11.4 Å². The summed E-state index contributed by atoms with van der Waals surface area (Å²) in [6, 6.07) is 10.3. The fourth-order valence-corrected chi connectivity index (χ4v) is 5.53. The summed E-state index contributed by atoms with van der Waals surface area (Å²) in [5, 5.41) is 41.0. The van der Waals surface area contributed by atoms with E-state index in [1.165, 1.54) is 48.3 Å². The topological polar surface area (TPSA) is 204 Å². The average Bonchev–Trinajstić information content (AvgIpc) is 3.62. The quantitative estimate of drug-likeness (QED) is 0.181. The number of ether oxygens (including phenoxy) is 2. The second-order valence-electron chi connectivity index (χ2n) is 10.4. The van der Waals surface area contributed by atoms with E-state index in [4.69, 9.17) is 31.3 Å². The van der Waals surface area contributed by atoms with Crippen LogP contribution in [0.25, 0.3) is 16.7 Å². The molecule has 3 aromatic heterocycles. The molecule has 0 radical (unpaired) electrons. The number of anilines is 2. The summed E-state index contributed by atoms with van der Waals surface area (Å²) in [7, 11) is 1.40. The van der Waals surface area contributed by atoms with E-state index in [-0.39, 0.29) is 59.0 Å². The molecule has 0 aliphatic carbocycles. The van der Waals surface area contributed by atoms with Gasteiger partial charge in [0.25, 0.3) is 11.8 Å². The van der Waals surface area contributed by atoms with Crippen LogP contribution in [0.3, 0.4) is 0 Å². The van der Waals surface area contributed by atoms with Gasteiger partial charge in [0.15, 0.2) is 29.1 Å². The minimum absolute atomic E-state index is 0.0567. The van der Waals surface area contributed by atoms with Crippen molar-refractivity contribution < 1.29 is 38.2 Å². The molecule has 238 valence electrons. The number of hydrogen-bond donors (Lipinski definition) is 4. The summed E-state index contributed by atoms with van der Waals surface area (Å²) in [6.07, 6.45) is 0.474. The third-order valence-corrected chi connectivity index (χ3v) is 7.70. The SMILES string of the molecule is COc1cc(-n2cc(F)c(N3CCO[C@H](C(O)(CNC(=O)c4ccccc4O)Cc4cc(Cl)c5c(N)noc5c4)C3=O)n2)cnn1. The number of para-hydroxylation sites is 1. The molecule has 5 aromatic rings. The van der Waals surface area contributed by atoms with Gasteiger partial charge in [-0.05, 0) is 29.8 Å². The van der Waals surface area contributed by atoms with Crippen molar-refractivity contribution in [2.45, 2.75) is 18.1 Å². The van der Waals surface area contributed by atoms with Crippen LogP contribution < -0.4 is 20.7 Å². The zero-order valence-corrected chi connectivity index (χ0v) is 24.8. The van der Waals surface area contributed by atoms with Crippen molar-refractivity contribution in [3.8, 4) is 17.3 Å². The normalized spacial score (nSPS) is 16.4. The maximum Gasteiger partial charge on any atom is 0.260 e. The highest BCUT2D eigenvalue weighted by atomic mass is 35.5. The number of carbonyl (C=O) groups excluding carboxylic acids is 2. The van der Waals surface area contributed by atoms with Crippen LogP contribution in [0, 0.1) is 5.82 Å². The number of hydrogen-bond acceptors (Lipinski definition) is 12. The van der Waals surface area contributed by atoms with E-state index in [0.717, 1.165) is 11.1 Å². The molecule has 46 heavy (non-hydrogen) atoms. The van der Waals surface area contributed by atoms with E-state index in [1.807, 2.05) is 0 Å². The lowest BCUT2D eigenvalue weighted by Gasteiger charge is -2.40. The highest BCUT2D eigenvalue weighted by Crippen LogP contribution is 2.34. The number of phenolic OH excluding ortho intramolecular Hbond substituents is 1. The first-order valence-corrected chi connectivity index (χ1v) is 14.1. The summed E-state index contributed by atoms with van der Waals surface area (Å²) in [5.41, 5.74) is 4.58. The fraction of sp³-hybridized carbons (Fsp3) is 0.241. The van der Waals surface area contributed by atoms with Crippen molar-refractivity contribution in [1.29, 1.82) is 0 Å². The molecule has 15 nitrogen and oxygen atoms in total. The second kappa shape index (κ2) is 12.2. The molecule has 2 atom stereocenters. The predicted octanol–water partition coefficient (Wildman–Crippen LogP) is 2.03. The number of benzene rings is 2. The Kier molecular flexibility index (Phi) is 8.16. The minimum atomic E-state index is -2.14. The molecule has 1 aliphatic rings. The number of aromatic hydroxyl groups is 1. The van der Waals surface area contributed by atoms with Gasteiger partial charge >= 0.3 is 0 Å². The van der Waals surface area contributed by atoms with Gasteiger partial charge < -0.3 is 35.3 Å². The summed E-state index contributed by atoms with van der Waals surface area (Å²) < 4.78 is 32.6. The standard InChI is InChI=1S/C29H26ClFN8O7/c1-44-22-10-16(12-34-35-22)39-13-19(31)26(36-39)38-6-7-45-24(28(38)42)29(43,14-33-27(41)17-4-2-3-5-20(17)40)11-15-8-18(30)23-21(9-15)46-37-25(23)32/h2-5,8-10,12-13,24,40,43H,6-7,11,14H2,1H3,(H2,32,37)(H,33,41)/t24-,29?/m0/s1.